The summed E-state index contributed by atoms with van der Waals surface area (Å²) >= 11 is 3.48. The zero-order valence-corrected chi connectivity index (χ0v) is 11.3. The Hall–Kier alpha value is -2.14. The second-order valence-corrected chi connectivity index (χ2v) is 4.89. The van der Waals surface area contributed by atoms with Crippen LogP contribution >= 0.6 is 15.9 Å². The van der Waals surface area contributed by atoms with E-state index < -0.39 is 5.97 Å². The molecule has 1 aromatic carbocycles. The van der Waals surface area contributed by atoms with E-state index in [-0.39, 0.29) is 5.56 Å². The van der Waals surface area contributed by atoms with Gasteiger partial charge in [0.05, 0.1) is 21.9 Å². The van der Waals surface area contributed by atoms with Crippen molar-refractivity contribution in [3.8, 4) is 11.4 Å². The molecule has 5 heteroatoms. The largest absolute Gasteiger partial charge is 0.478 e. The van der Waals surface area contributed by atoms with Crippen LogP contribution in [-0.2, 0) is 0 Å². The average molecular weight is 317 g/mol. The first kappa shape index (κ1) is 11.9. The highest BCUT2D eigenvalue weighted by molar-refractivity contribution is 9.10. The molecule has 0 saturated carbocycles. The molecular formula is C14H9BrN2O2. The number of hydrogen-bond donors (Lipinski definition) is 1. The van der Waals surface area contributed by atoms with Crippen molar-refractivity contribution in [3.05, 3.63) is 58.8 Å². The third-order valence-electron chi connectivity index (χ3n) is 2.87. The molecule has 0 bridgehead atoms. The number of pyridine rings is 1. The number of fused-ring (bicyclic) bond motifs is 1. The second kappa shape index (κ2) is 4.51. The summed E-state index contributed by atoms with van der Waals surface area (Å²) in [6.45, 7) is 0. The Bertz CT molecular complexity index is 780. The first-order valence-electron chi connectivity index (χ1n) is 5.62. The van der Waals surface area contributed by atoms with E-state index in [1.807, 2.05) is 28.7 Å². The van der Waals surface area contributed by atoms with Gasteiger partial charge >= 0.3 is 5.97 Å². The number of carboxylic acids is 1. The van der Waals surface area contributed by atoms with Crippen molar-refractivity contribution in [1.29, 1.82) is 0 Å². The lowest BCUT2D eigenvalue weighted by Crippen LogP contribution is -1.97. The maximum Gasteiger partial charge on any atom is 0.335 e. The van der Waals surface area contributed by atoms with Crippen molar-refractivity contribution in [1.82, 2.24) is 9.38 Å². The van der Waals surface area contributed by atoms with Crippen LogP contribution in [0.2, 0.25) is 0 Å². The standard InChI is InChI=1S/C14H9BrN2O2/c15-12-6-2-5-11-8-16-13(17(11)12)9-3-1-4-10(7-9)14(18)19/h1-8H,(H,18,19). The summed E-state index contributed by atoms with van der Waals surface area (Å²) in [5.74, 6) is -0.229. The predicted molar refractivity (Wildman–Crippen MR) is 75.3 cm³/mol. The van der Waals surface area contributed by atoms with Crippen LogP contribution in [0, 0.1) is 0 Å². The van der Waals surface area contributed by atoms with E-state index >= 15 is 0 Å². The third kappa shape index (κ3) is 2.02. The molecule has 0 atom stereocenters. The van der Waals surface area contributed by atoms with Gasteiger partial charge in [-0.15, -0.1) is 0 Å². The van der Waals surface area contributed by atoms with Crippen molar-refractivity contribution in [3.63, 3.8) is 0 Å². The van der Waals surface area contributed by atoms with Gasteiger partial charge in [-0.1, -0.05) is 18.2 Å². The number of halogens is 1. The normalized spacial score (nSPS) is 10.8. The van der Waals surface area contributed by atoms with Crippen LogP contribution in [-0.4, -0.2) is 20.5 Å². The minimum atomic E-state index is -0.943. The number of carbonyl (C=O) groups is 1. The van der Waals surface area contributed by atoms with Crippen LogP contribution < -0.4 is 0 Å². The number of imidazole rings is 1. The van der Waals surface area contributed by atoms with Crippen molar-refractivity contribution in [2.24, 2.45) is 0 Å². The van der Waals surface area contributed by atoms with Crippen LogP contribution in [0.1, 0.15) is 10.4 Å². The maximum atomic E-state index is 11.0. The van der Waals surface area contributed by atoms with Crippen LogP contribution in [0.15, 0.2) is 53.3 Å². The summed E-state index contributed by atoms with van der Waals surface area (Å²) < 4.78 is 2.80. The molecular weight excluding hydrogens is 308 g/mol. The molecule has 0 radical (unpaired) electrons. The van der Waals surface area contributed by atoms with Crippen molar-refractivity contribution < 1.29 is 9.90 Å². The molecule has 0 saturated heterocycles. The van der Waals surface area contributed by atoms with E-state index in [9.17, 15) is 4.79 Å². The van der Waals surface area contributed by atoms with Gasteiger partial charge in [0.1, 0.15) is 5.82 Å². The molecule has 3 aromatic rings. The van der Waals surface area contributed by atoms with E-state index in [0.717, 1.165) is 15.7 Å². The smallest absolute Gasteiger partial charge is 0.335 e. The molecule has 0 aliphatic heterocycles. The number of aromatic carboxylic acids is 1. The summed E-state index contributed by atoms with van der Waals surface area (Å²) in [7, 11) is 0. The van der Waals surface area contributed by atoms with Gasteiger partial charge in [0, 0.05) is 5.56 Å². The van der Waals surface area contributed by atoms with Gasteiger partial charge in [-0.3, -0.25) is 4.40 Å². The number of hydrogen-bond acceptors (Lipinski definition) is 2. The molecule has 0 spiro atoms. The van der Waals surface area contributed by atoms with Gasteiger partial charge in [0.15, 0.2) is 0 Å². The van der Waals surface area contributed by atoms with E-state index in [4.69, 9.17) is 5.11 Å². The van der Waals surface area contributed by atoms with Crippen LogP contribution in [0.4, 0.5) is 0 Å². The molecule has 0 unspecified atom stereocenters. The Morgan fingerprint density at radius 1 is 1.21 bits per heavy atom. The van der Waals surface area contributed by atoms with E-state index in [1.54, 1.807) is 24.4 Å². The van der Waals surface area contributed by atoms with Gasteiger partial charge in [-0.05, 0) is 40.2 Å². The fraction of sp³-hybridized carbons (Fsp3) is 0. The molecule has 0 amide bonds. The first-order chi connectivity index (χ1) is 9.16. The lowest BCUT2D eigenvalue weighted by Gasteiger charge is -2.04. The molecule has 94 valence electrons. The number of rotatable bonds is 2. The molecule has 19 heavy (non-hydrogen) atoms. The topological polar surface area (TPSA) is 54.6 Å². The number of carboxylic acid groups (broad SMARTS) is 1. The Morgan fingerprint density at radius 3 is 2.79 bits per heavy atom. The predicted octanol–water partition coefficient (Wildman–Crippen LogP) is 3.46. The molecule has 1 N–H and O–H groups in total. The highest BCUT2D eigenvalue weighted by Gasteiger charge is 2.10. The summed E-state index contributed by atoms with van der Waals surface area (Å²) in [5.41, 5.74) is 1.97. The Kier molecular flexibility index (Phi) is 2.83. The molecule has 0 fully saturated rings. The third-order valence-corrected chi connectivity index (χ3v) is 3.49. The van der Waals surface area contributed by atoms with Crippen LogP contribution in [0.3, 0.4) is 0 Å². The zero-order chi connectivity index (χ0) is 13.4. The lowest BCUT2D eigenvalue weighted by atomic mass is 10.1. The Morgan fingerprint density at radius 2 is 2.00 bits per heavy atom. The van der Waals surface area contributed by atoms with E-state index in [1.165, 1.54) is 0 Å². The molecule has 0 aliphatic rings. The summed E-state index contributed by atoms with van der Waals surface area (Å²) in [6.07, 6.45) is 1.76. The van der Waals surface area contributed by atoms with Crippen LogP contribution in [0.25, 0.3) is 16.9 Å². The molecule has 4 nitrogen and oxygen atoms in total. The fourth-order valence-corrected chi connectivity index (χ4v) is 2.53. The minimum Gasteiger partial charge on any atom is -0.478 e. The van der Waals surface area contributed by atoms with Gasteiger partial charge in [-0.2, -0.15) is 0 Å². The highest BCUT2D eigenvalue weighted by Crippen LogP contribution is 2.24. The van der Waals surface area contributed by atoms with Crippen molar-refractivity contribution in [2.45, 2.75) is 0 Å². The second-order valence-electron chi connectivity index (χ2n) is 4.08. The van der Waals surface area contributed by atoms with Crippen molar-refractivity contribution >= 4 is 27.4 Å². The zero-order valence-electron chi connectivity index (χ0n) is 9.75. The SMILES string of the molecule is O=C(O)c1cccc(-c2ncc3cccc(Br)n23)c1. The van der Waals surface area contributed by atoms with Gasteiger partial charge in [-0.25, -0.2) is 9.78 Å². The van der Waals surface area contributed by atoms with Gasteiger partial charge in [0.25, 0.3) is 0 Å². The quantitative estimate of drug-likeness (QED) is 0.737. The molecule has 3 rings (SSSR count). The lowest BCUT2D eigenvalue weighted by molar-refractivity contribution is 0.0697. The minimum absolute atomic E-state index is 0.251. The first-order valence-corrected chi connectivity index (χ1v) is 6.42. The summed E-state index contributed by atoms with van der Waals surface area (Å²) in [6, 6.07) is 12.5. The highest BCUT2D eigenvalue weighted by atomic mass is 79.9. The molecule has 2 aromatic heterocycles. The average Bonchev–Trinajstić information content (AvgIpc) is 2.84. The van der Waals surface area contributed by atoms with Gasteiger partial charge < -0.3 is 5.11 Å². The number of benzene rings is 1. The molecule has 0 aliphatic carbocycles. The maximum absolute atomic E-state index is 11.0. The fourth-order valence-electron chi connectivity index (χ4n) is 2.00. The molecule has 2 heterocycles. The monoisotopic (exact) mass is 316 g/mol. The Labute approximate surface area is 117 Å². The number of aromatic nitrogens is 2. The summed E-state index contributed by atoms with van der Waals surface area (Å²) in [5, 5.41) is 9.04. The Balaban J connectivity index is 2.25. The van der Waals surface area contributed by atoms with E-state index in [2.05, 4.69) is 20.9 Å². The van der Waals surface area contributed by atoms with Gasteiger partial charge in [0.2, 0.25) is 0 Å². The number of nitrogens with zero attached hydrogens (tertiary/aromatic N) is 2. The van der Waals surface area contributed by atoms with Crippen molar-refractivity contribution in [2.75, 3.05) is 0 Å². The summed E-state index contributed by atoms with van der Waals surface area (Å²) in [4.78, 5) is 15.4. The van der Waals surface area contributed by atoms with E-state index in [0.29, 0.717) is 5.82 Å². The van der Waals surface area contributed by atoms with Crippen LogP contribution in [0.5, 0.6) is 0 Å².